The first-order valence-corrected chi connectivity index (χ1v) is 4.29. The van der Waals surface area contributed by atoms with E-state index in [4.69, 9.17) is 11.6 Å². The molecule has 76 valence electrons. The number of guanidine groups is 1. The van der Waals surface area contributed by atoms with Crippen LogP contribution in [0.1, 0.15) is 0 Å². The molecule has 0 aliphatic carbocycles. The van der Waals surface area contributed by atoms with Crippen LogP contribution in [0.15, 0.2) is 21.6 Å². The second-order valence-electron chi connectivity index (χ2n) is 2.36. The topological polar surface area (TPSA) is 76.4 Å². The molecule has 14 heavy (non-hydrogen) atoms. The molecule has 0 aromatic heterocycles. The van der Waals surface area contributed by atoms with Crippen LogP contribution in [-0.2, 0) is 0 Å². The zero-order valence-electron chi connectivity index (χ0n) is 6.89. The second kappa shape index (κ2) is 4.34. The molecule has 4 nitrogen and oxygen atoms in total. The lowest BCUT2D eigenvalue weighted by atomic mass is 10.3. The number of benzene rings is 1. The first-order valence-electron chi connectivity index (χ1n) is 3.50. The highest BCUT2D eigenvalue weighted by atomic mass is 79.9. The number of nitrogens with two attached hydrogens (primary N) is 2. The summed E-state index contributed by atoms with van der Waals surface area (Å²) in [4.78, 5) is 3.50. The molecule has 0 fully saturated rings. The second-order valence-corrected chi connectivity index (χ2v) is 3.21. The van der Waals surface area contributed by atoms with E-state index in [0.717, 1.165) is 12.1 Å². The average molecular weight is 265 g/mol. The molecule has 0 saturated heterocycles. The summed E-state index contributed by atoms with van der Waals surface area (Å²) in [5.41, 5.74) is 6.96. The number of hydrogen-bond donors (Lipinski definition) is 3. The van der Waals surface area contributed by atoms with Crippen molar-refractivity contribution in [3.63, 3.8) is 0 Å². The van der Waals surface area contributed by atoms with Crippen LogP contribution < -0.4 is 17.0 Å². The molecule has 0 amide bonds. The van der Waals surface area contributed by atoms with Crippen molar-refractivity contribution in [3.8, 4) is 0 Å². The van der Waals surface area contributed by atoms with Crippen molar-refractivity contribution in [3.05, 3.63) is 28.2 Å². The van der Waals surface area contributed by atoms with Gasteiger partial charge in [-0.3, -0.25) is 5.43 Å². The van der Waals surface area contributed by atoms with Crippen LogP contribution in [0.3, 0.4) is 0 Å². The molecular formula is C7H7BrF2N4. The van der Waals surface area contributed by atoms with Crippen LogP contribution >= 0.6 is 15.9 Å². The summed E-state index contributed by atoms with van der Waals surface area (Å²) in [5.74, 6) is 3.38. The first-order chi connectivity index (χ1) is 6.54. The smallest absolute Gasteiger partial charge is 0.208 e. The fraction of sp³-hybridized carbons (Fsp3) is 0. The van der Waals surface area contributed by atoms with Gasteiger partial charge in [0, 0.05) is 6.07 Å². The molecule has 1 aromatic rings. The molecule has 5 N–H and O–H groups in total. The normalized spacial score (nSPS) is 11.6. The van der Waals surface area contributed by atoms with Crippen molar-refractivity contribution in [2.45, 2.75) is 0 Å². The molecule has 0 unspecified atom stereocenters. The van der Waals surface area contributed by atoms with E-state index in [0.29, 0.717) is 0 Å². The van der Waals surface area contributed by atoms with Gasteiger partial charge in [0.15, 0.2) is 0 Å². The van der Waals surface area contributed by atoms with Gasteiger partial charge in [-0.1, -0.05) is 0 Å². The summed E-state index contributed by atoms with van der Waals surface area (Å²) in [5, 5.41) is 0. The minimum atomic E-state index is -0.698. The summed E-state index contributed by atoms with van der Waals surface area (Å²) in [7, 11) is 0. The molecule has 1 aromatic carbocycles. The van der Waals surface area contributed by atoms with Gasteiger partial charge in [0.05, 0.1) is 4.47 Å². The Morgan fingerprint density at radius 2 is 2.00 bits per heavy atom. The fourth-order valence-electron chi connectivity index (χ4n) is 0.760. The SMILES string of the molecule is NNC(N)=Nc1cc(F)c(Br)cc1F. The number of nitrogens with one attached hydrogen (secondary N) is 1. The van der Waals surface area contributed by atoms with E-state index < -0.39 is 11.6 Å². The van der Waals surface area contributed by atoms with Crippen molar-refractivity contribution in [2.75, 3.05) is 0 Å². The van der Waals surface area contributed by atoms with E-state index in [9.17, 15) is 8.78 Å². The van der Waals surface area contributed by atoms with Crippen LogP contribution in [0, 0.1) is 11.6 Å². The summed E-state index contributed by atoms with van der Waals surface area (Å²) in [6, 6.07) is 1.86. The van der Waals surface area contributed by atoms with Gasteiger partial charge in [0.2, 0.25) is 5.96 Å². The molecule has 0 saturated carbocycles. The molecule has 0 atom stereocenters. The Kier molecular flexibility index (Phi) is 3.37. The van der Waals surface area contributed by atoms with E-state index in [1.54, 1.807) is 0 Å². The lowest BCUT2D eigenvalue weighted by Gasteiger charge is -2.01. The van der Waals surface area contributed by atoms with Crippen LogP contribution in [0.2, 0.25) is 0 Å². The quantitative estimate of drug-likeness (QED) is 0.234. The van der Waals surface area contributed by atoms with Gasteiger partial charge in [-0.2, -0.15) is 0 Å². The maximum atomic E-state index is 13.1. The molecule has 0 aliphatic rings. The van der Waals surface area contributed by atoms with Gasteiger partial charge in [0.25, 0.3) is 0 Å². The average Bonchev–Trinajstić information content (AvgIpc) is 2.14. The Balaban J connectivity index is 3.16. The van der Waals surface area contributed by atoms with Gasteiger partial charge in [-0.15, -0.1) is 0 Å². The standard InChI is InChI=1S/C7H7BrF2N4/c8-3-1-5(10)6(2-4(3)9)13-7(11)14-12/h1-2H,12H2,(H3,11,13,14). The first kappa shape index (κ1) is 10.9. The van der Waals surface area contributed by atoms with Crippen LogP contribution in [-0.4, -0.2) is 5.96 Å². The van der Waals surface area contributed by atoms with Crippen molar-refractivity contribution < 1.29 is 8.78 Å². The van der Waals surface area contributed by atoms with Gasteiger partial charge in [-0.05, 0) is 22.0 Å². The minimum Gasteiger partial charge on any atom is -0.369 e. The van der Waals surface area contributed by atoms with Crippen molar-refractivity contribution in [2.24, 2.45) is 16.6 Å². The summed E-state index contributed by atoms with van der Waals surface area (Å²) < 4.78 is 26.1. The Morgan fingerprint density at radius 1 is 1.36 bits per heavy atom. The number of rotatable bonds is 1. The Hall–Kier alpha value is -1.21. The molecule has 0 spiro atoms. The predicted molar refractivity (Wildman–Crippen MR) is 52.7 cm³/mol. The van der Waals surface area contributed by atoms with E-state index in [2.05, 4.69) is 20.9 Å². The highest BCUT2D eigenvalue weighted by molar-refractivity contribution is 9.10. The zero-order chi connectivity index (χ0) is 10.7. The van der Waals surface area contributed by atoms with Crippen molar-refractivity contribution >= 4 is 27.6 Å². The summed E-state index contributed by atoms with van der Waals surface area (Å²) >= 11 is 2.83. The highest BCUT2D eigenvalue weighted by Crippen LogP contribution is 2.25. The van der Waals surface area contributed by atoms with Crippen LogP contribution in [0.25, 0.3) is 0 Å². The van der Waals surface area contributed by atoms with E-state index in [1.807, 2.05) is 5.43 Å². The lowest BCUT2D eigenvalue weighted by molar-refractivity contribution is 0.596. The van der Waals surface area contributed by atoms with Crippen LogP contribution in [0.4, 0.5) is 14.5 Å². The zero-order valence-corrected chi connectivity index (χ0v) is 8.48. The molecule has 7 heteroatoms. The van der Waals surface area contributed by atoms with E-state index >= 15 is 0 Å². The fourth-order valence-corrected chi connectivity index (χ4v) is 1.08. The number of hydrogen-bond acceptors (Lipinski definition) is 2. The largest absolute Gasteiger partial charge is 0.369 e. The van der Waals surface area contributed by atoms with E-state index in [1.165, 1.54) is 0 Å². The third-order valence-corrected chi connectivity index (χ3v) is 1.99. The van der Waals surface area contributed by atoms with Gasteiger partial charge in [0.1, 0.15) is 17.3 Å². The molecule has 0 bridgehead atoms. The van der Waals surface area contributed by atoms with Crippen LogP contribution in [0.5, 0.6) is 0 Å². The Labute approximate surface area is 87.1 Å². The Morgan fingerprint density at radius 3 is 2.57 bits per heavy atom. The maximum absolute atomic E-state index is 13.1. The highest BCUT2D eigenvalue weighted by Gasteiger charge is 2.07. The third kappa shape index (κ3) is 2.39. The van der Waals surface area contributed by atoms with Crippen molar-refractivity contribution in [1.82, 2.24) is 5.43 Å². The Bertz CT molecular complexity index is 380. The number of hydrazine groups is 1. The van der Waals surface area contributed by atoms with Crippen molar-refractivity contribution in [1.29, 1.82) is 0 Å². The molecular weight excluding hydrogens is 258 g/mol. The predicted octanol–water partition coefficient (Wildman–Crippen LogP) is 1.14. The van der Waals surface area contributed by atoms with Gasteiger partial charge >= 0.3 is 0 Å². The molecule has 1 rings (SSSR count). The molecule has 0 aliphatic heterocycles. The monoisotopic (exact) mass is 264 g/mol. The third-order valence-electron chi connectivity index (χ3n) is 1.38. The summed E-state index contributed by atoms with van der Waals surface area (Å²) in [6.07, 6.45) is 0. The number of aliphatic imine (C=N–C) groups is 1. The maximum Gasteiger partial charge on any atom is 0.208 e. The number of halogens is 3. The molecule has 0 heterocycles. The van der Waals surface area contributed by atoms with E-state index in [-0.39, 0.29) is 16.1 Å². The van der Waals surface area contributed by atoms with Gasteiger partial charge < -0.3 is 5.73 Å². The lowest BCUT2D eigenvalue weighted by Crippen LogP contribution is -2.36. The van der Waals surface area contributed by atoms with Gasteiger partial charge in [-0.25, -0.2) is 19.6 Å². The molecule has 0 radical (unpaired) electrons. The summed E-state index contributed by atoms with van der Waals surface area (Å²) in [6.45, 7) is 0. The number of nitrogens with zero attached hydrogens (tertiary/aromatic N) is 1. The minimum absolute atomic E-state index is 0.0215.